The summed E-state index contributed by atoms with van der Waals surface area (Å²) in [6.07, 6.45) is 0. The Hall–Kier alpha value is -2.34. The van der Waals surface area contributed by atoms with Crippen molar-refractivity contribution in [2.75, 3.05) is 0 Å². The number of rotatable bonds is 2. The van der Waals surface area contributed by atoms with Crippen LogP contribution < -0.4 is 0 Å². The lowest BCUT2D eigenvalue weighted by Gasteiger charge is -2.14. The molecule has 3 aromatic carbocycles. The van der Waals surface area contributed by atoms with E-state index in [1.807, 2.05) is 0 Å². The van der Waals surface area contributed by atoms with E-state index in [0.717, 1.165) is 0 Å². The Morgan fingerprint density at radius 2 is 0.700 bits per heavy atom. The molecule has 0 saturated carbocycles. The second-order valence-corrected chi connectivity index (χ2v) is 5.18. The highest BCUT2D eigenvalue weighted by molar-refractivity contribution is 5.85. The maximum absolute atomic E-state index is 2.21. The minimum absolute atomic E-state index is 1.31. The summed E-state index contributed by atoms with van der Waals surface area (Å²) in [4.78, 5) is 0. The second kappa shape index (κ2) is 5.34. The van der Waals surface area contributed by atoms with Gasteiger partial charge < -0.3 is 0 Å². The molecule has 0 bridgehead atoms. The molecule has 0 radical (unpaired) electrons. The van der Waals surface area contributed by atoms with Gasteiger partial charge in [-0.2, -0.15) is 0 Å². The lowest BCUT2D eigenvalue weighted by atomic mass is 9.90. The first-order valence-corrected chi connectivity index (χ1v) is 6.98. The Labute approximate surface area is 120 Å². The largest absolute Gasteiger partial charge is 0.0620 e. The topological polar surface area (TPSA) is 0 Å². The van der Waals surface area contributed by atoms with E-state index in [1.165, 1.54) is 33.4 Å². The summed E-state index contributed by atoms with van der Waals surface area (Å²) in [5.41, 5.74) is 7.86. The van der Waals surface area contributed by atoms with Crippen LogP contribution in [0, 0.1) is 13.8 Å². The molecule has 0 aliphatic rings. The maximum atomic E-state index is 2.21. The van der Waals surface area contributed by atoms with Gasteiger partial charge in [-0.1, -0.05) is 72.8 Å². The van der Waals surface area contributed by atoms with Crippen molar-refractivity contribution in [3.63, 3.8) is 0 Å². The van der Waals surface area contributed by atoms with E-state index in [4.69, 9.17) is 0 Å². The van der Waals surface area contributed by atoms with E-state index in [-0.39, 0.29) is 0 Å². The van der Waals surface area contributed by atoms with Crippen LogP contribution in [0.25, 0.3) is 22.3 Å². The normalized spacial score (nSPS) is 10.5. The van der Waals surface area contributed by atoms with Gasteiger partial charge in [0.1, 0.15) is 0 Å². The van der Waals surface area contributed by atoms with Gasteiger partial charge in [-0.05, 0) is 47.2 Å². The molecule has 98 valence electrons. The molecular formula is C20H18. The fraction of sp³-hybridized carbons (Fsp3) is 0.100. The summed E-state index contributed by atoms with van der Waals surface area (Å²) in [7, 11) is 0. The first-order chi connectivity index (χ1) is 9.77. The molecule has 0 spiro atoms. The van der Waals surface area contributed by atoms with Gasteiger partial charge >= 0.3 is 0 Å². The van der Waals surface area contributed by atoms with E-state index in [2.05, 4.69) is 86.6 Å². The molecule has 0 aliphatic carbocycles. The van der Waals surface area contributed by atoms with Gasteiger partial charge in [0.2, 0.25) is 0 Å². The van der Waals surface area contributed by atoms with Crippen molar-refractivity contribution in [2.24, 2.45) is 0 Å². The highest BCUT2D eigenvalue weighted by Gasteiger charge is 2.09. The molecular weight excluding hydrogens is 240 g/mol. The fourth-order valence-electron chi connectivity index (χ4n) is 2.70. The first-order valence-electron chi connectivity index (χ1n) is 6.98. The molecule has 0 amide bonds. The SMILES string of the molecule is Cc1ccccc1-c1ccccc1-c1ccccc1C. The molecule has 0 atom stereocenters. The molecule has 0 fully saturated rings. The van der Waals surface area contributed by atoms with Crippen LogP contribution in [0.2, 0.25) is 0 Å². The van der Waals surface area contributed by atoms with Crippen molar-refractivity contribution in [3.8, 4) is 22.3 Å². The standard InChI is InChI=1S/C20H18/c1-15-9-3-5-11-17(15)19-13-7-8-14-20(19)18-12-6-4-10-16(18)2/h3-14H,1-2H3. The van der Waals surface area contributed by atoms with Gasteiger partial charge in [-0.3, -0.25) is 0 Å². The average Bonchev–Trinajstić information content (AvgIpc) is 2.48. The lowest BCUT2D eigenvalue weighted by molar-refractivity contribution is 1.43. The van der Waals surface area contributed by atoms with Gasteiger partial charge in [0.05, 0.1) is 0 Å². The Bertz CT molecular complexity index is 674. The zero-order valence-electron chi connectivity index (χ0n) is 11.9. The van der Waals surface area contributed by atoms with Crippen molar-refractivity contribution in [1.82, 2.24) is 0 Å². The number of hydrogen-bond acceptors (Lipinski definition) is 0. The summed E-state index contributed by atoms with van der Waals surface area (Å²) in [6.45, 7) is 4.34. The second-order valence-electron chi connectivity index (χ2n) is 5.18. The zero-order valence-corrected chi connectivity index (χ0v) is 11.9. The minimum Gasteiger partial charge on any atom is -0.0620 e. The quantitative estimate of drug-likeness (QED) is 0.558. The van der Waals surface area contributed by atoms with Crippen LogP contribution >= 0.6 is 0 Å². The molecule has 0 aliphatic heterocycles. The number of benzene rings is 3. The molecule has 0 nitrogen and oxygen atoms in total. The Balaban J connectivity index is 2.25. The predicted octanol–water partition coefficient (Wildman–Crippen LogP) is 5.64. The molecule has 0 N–H and O–H groups in total. The molecule has 0 unspecified atom stereocenters. The van der Waals surface area contributed by atoms with Crippen molar-refractivity contribution in [2.45, 2.75) is 13.8 Å². The monoisotopic (exact) mass is 258 g/mol. The molecule has 0 saturated heterocycles. The van der Waals surface area contributed by atoms with Crippen molar-refractivity contribution in [3.05, 3.63) is 83.9 Å². The number of aryl methyl sites for hydroxylation is 2. The van der Waals surface area contributed by atoms with Crippen molar-refractivity contribution < 1.29 is 0 Å². The summed E-state index contributed by atoms with van der Waals surface area (Å²) in [5.74, 6) is 0. The fourth-order valence-corrected chi connectivity index (χ4v) is 2.70. The summed E-state index contributed by atoms with van der Waals surface area (Å²) < 4.78 is 0. The minimum atomic E-state index is 1.31. The highest BCUT2D eigenvalue weighted by atomic mass is 14.1. The third-order valence-corrected chi connectivity index (χ3v) is 3.80. The van der Waals surface area contributed by atoms with Crippen LogP contribution in [0.5, 0.6) is 0 Å². The summed E-state index contributed by atoms with van der Waals surface area (Å²) >= 11 is 0. The van der Waals surface area contributed by atoms with E-state index in [1.54, 1.807) is 0 Å². The van der Waals surface area contributed by atoms with Gasteiger partial charge in [-0.15, -0.1) is 0 Å². The van der Waals surface area contributed by atoms with Crippen LogP contribution in [0.4, 0.5) is 0 Å². The molecule has 3 aromatic rings. The van der Waals surface area contributed by atoms with E-state index in [9.17, 15) is 0 Å². The highest BCUT2D eigenvalue weighted by Crippen LogP contribution is 2.34. The van der Waals surface area contributed by atoms with Crippen LogP contribution in [-0.2, 0) is 0 Å². The van der Waals surface area contributed by atoms with Crippen LogP contribution in [0.3, 0.4) is 0 Å². The molecule has 0 aromatic heterocycles. The average molecular weight is 258 g/mol. The van der Waals surface area contributed by atoms with Crippen LogP contribution in [-0.4, -0.2) is 0 Å². The zero-order chi connectivity index (χ0) is 13.9. The van der Waals surface area contributed by atoms with Crippen molar-refractivity contribution in [1.29, 1.82) is 0 Å². The third kappa shape index (κ3) is 2.25. The predicted molar refractivity (Wildman–Crippen MR) is 86.8 cm³/mol. The molecule has 20 heavy (non-hydrogen) atoms. The Kier molecular flexibility index (Phi) is 3.39. The third-order valence-electron chi connectivity index (χ3n) is 3.80. The van der Waals surface area contributed by atoms with Crippen LogP contribution in [0.15, 0.2) is 72.8 Å². The molecule has 0 heteroatoms. The van der Waals surface area contributed by atoms with E-state index in [0.29, 0.717) is 0 Å². The summed E-state index contributed by atoms with van der Waals surface area (Å²) in [6, 6.07) is 25.8. The van der Waals surface area contributed by atoms with E-state index < -0.39 is 0 Å². The molecule has 0 heterocycles. The summed E-state index contributed by atoms with van der Waals surface area (Å²) in [5, 5.41) is 0. The van der Waals surface area contributed by atoms with Gasteiger partial charge in [0, 0.05) is 0 Å². The lowest BCUT2D eigenvalue weighted by Crippen LogP contribution is -1.89. The Morgan fingerprint density at radius 3 is 1.05 bits per heavy atom. The maximum Gasteiger partial charge on any atom is -0.0103 e. The Morgan fingerprint density at radius 1 is 0.400 bits per heavy atom. The first kappa shape index (κ1) is 12.7. The van der Waals surface area contributed by atoms with Gasteiger partial charge in [0.15, 0.2) is 0 Å². The smallest absolute Gasteiger partial charge is 0.0103 e. The van der Waals surface area contributed by atoms with Crippen LogP contribution in [0.1, 0.15) is 11.1 Å². The van der Waals surface area contributed by atoms with E-state index >= 15 is 0 Å². The van der Waals surface area contributed by atoms with Gasteiger partial charge in [-0.25, -0.2) is 0 Å². The van der Waals surface area contributed by atoms with Crippen molar-refractivity contribution >= 4 is 0 Å². The number of hydrogen-bond donors (Lipinski definition) is 0. The van der Waals surface area contributed by atoms with Gasteiger partial charge in [0.25, 0.3) is 0 Å². The molecule has 3 rings (SSSR count).